The highest BCUT2D eigenvalue weighted by Crippen LogP contribution is 2.30. The maximum atomic E-state index is 12.3. The molecule has 0 radical (unpaired) electrons. The average molecular weight is 217 g/mol. The lowest BCUT2D eigenvalue weighted by Gasteiger charge is -2.18. The van der Waals surface area contributed by atoms with Gasteiger partial charge in [-0.3, -0.25) is 4.79 Å². The molecule has 1 saturated carbocycles. The summed E-state index contributed by atoms with van der Waals surface area (Å²) in [4.78, 5) is 12.3. The molecule has 1 atom stereocenters. The minimum Gasteiger partial charge on any atom is -0.329 e. The molecular formula is C14H19NO. The van der Waals surface area contributed by atoms with Crippen molar-refractivity contribution in [1.82, 2.24) is 0 Å². The Balaban J connectivity index is 2.13. The van der Waals surface area contributed by atoms with Gasteiger partial charge in [0.2, 0.25) is 0 Å². The van der Waals surface area contributed by atoms with Gasteiger partial charge >= 0.3 is 0 Å². The molecule has 1 aromatic carbocycles. The fourth-order valence-corrected chi connectivity index (χ4v) is 2.60. The number of ketones is 1. The molecule has 0 amide bonds. The van der Waals surface area contributed by atoms with Crippen molar-refractivity contribution in [3.63, 3.8) is 0 Å². The van der Waals surface area contributed by atoms with Crippen LogP contribution in [-0.2, 0) is 4.79 Å². The minimum absolute atomic E-state index is 0.0932. The number of carbonyl (C=O) groups excluding carboxylic acids is 1. The van der Waals surface area contributed by atoms with Crippen molar-refractivity contribution in [2.24, 2.45) is 11.7 Å². The summed E-state index contributed by atoms with van der Waals surface area (Å²) in [5.41, 5.74) is 6.82. The van der Waals surface area contributed by atoms with Crippen LogP contribution in [0.3, 0.4) is 0 Å². The van der Waals surface area contributed by atoms with E-state index in [4.69, 9.17) is 5.73 Å². The quantitative estimate of drug-likeness (QED) is 0.842. The molecule has 2 heteroatoms. The van der Waals surface area contributed by atoms with Crippen molar-refractivity contribution in [3.05, 3.63) is 35.9 Å². The van der Waals surface area contributed by atoms with Crippen LogP contribution in [0.1, 0.15) is 37.2 Å². The Morgan fingerprint density at radius 1 is 1.25 bits per heavy atom. The highest BCUT2D eigenvalue weighted by Gasteiger charge is 2.29. The third-order valence-electron chi connectivity index (χ3n) is 3.54. The highest BCUT2D eigenvalue weighted by molar-refractivity contribution is 5.88. The molecule has 0 heterocycles. The topological polar surface area (TPSA) is 43.1 Å². The number of hydrogen-bond acceptors (Lipinski definition) is 2. The van der Waals surface area contributed by atoms with Crippen molar-refractivity contribution in [2.45, 2.75) is 31.6 Å². The summed E-state index contributed by atoms with van der Waals surface area (Å²) < 4.78 is 0. The van der Waals surface area contributed by atoms with Crippen LogP contribution in [0.2, 0.25) is 0 Å². The monoisotopic (exact) mass is 217 g/mol. The number of hydrogen-bond donors (Lipinski definition) is 1. The molecule has 2 rings (SSSR count). The molecule has 2 N–H and O–H groups in total. The van der Waals surface area contributed by atoms with E-state index in [0.717, 1.165) is 18.4 Å². The number of rotatable bonds is 4. The first kappa shape index (κ1) is 11.3. The Morgan fingerprint density at radius 3 is 2.44 bits per heavy atom. The summed E-state index contributed by atoms with van der Waals surface area (Å²) in [5, 5.41) is 0. The maximum absolute atomic E-state index is 12.3. The zero-order chi connectivity index (χ0) is 11.4. The van der Waals surface area contributed by atoms with Crippen LogP contribution >= 0.6 is 0 Å². The number of nitrogens with two attached hydrogens (primary N) is 1. The Kier molecular flexibility index (Phi) is 3.73. The van der Waals surface area contributed by atoms with Crippen molar-refractivity contribution >= 4 is 5.78 Å². The first-order valence-corrected chi connectivity index (χ1v) is 6.11. The normalized spacial score (nSPS) is 18.6. The van der Waals surface area contributed by atoms with Crippen molar-refractivity contribution in [3.8, 4) is 0 Å². The Labute approximate surface area is 96.8 Å². The van der Waals surface area contributed by atoms with Crippen LogP contribution in [0.15, 0.2) is 30.3 Å². The Morgan fingerprint density at radius 2 is 1.88 bits per heavy atom. The summed E-state index contributed by atoms with van der Waals surface area (Å²) >= 11 is 0. The van der Waals surface area contributed by atoms with Gasteiger partial charge in [-0.1, -0.05) is 43.2 Å². The van der Waals surface area contributed by atoms with Gasteiger partial charge in [-0.05, 0) is 18.4 Å². The van der Waals surface area contributed by atoms with E-state index in [1.165, 1.54) is 12.8 Å². The van der Waals surface area contributed by atoms with Crippen LogP contribution in [0.5, 0.6) is 0 Å². The summed E-state index contributed by atoms with van der Waals surface area (Å²) in [7, 11) is 0. The van der Waals surface area contributed by atoms with E-state index in [0.29, 0.717) is 12.3 Å². The largest absolute Gasteiger partial charge is 0.329 e. The van der Waals surface area contributed by atoms with Gasteiger partial charge in [0, 0.05) is 12.5 Å². The van der Waals surface area contributed by atoms with Crippen molar-refractivity contribution < 1.29 is 4.79 Å². The van der Waals surface area contributed by atoms with Crippen LogP contribution in [-0.4, -0.2) is 12.3 Å². The SMILES string of the molecule is NCC(C(=O)C1CCCC1)c1ccccc1. The molecule has 16 heavy (non-hydrogen) atoms. The van der Waals surface area contributed by atoms with Gasteiger partial charge in [0.25, 0.3) is 0 Å². The van der Waals surface area contributed by atoms with E-state index in [1.807, 2.05) is 30.3 Å². The van der Waals surface area contributed by atoms with Crippen LogP contribution in [0.25, 0.3) is 0 Å². The van der Waals surface area contributed by atoms with Crippen LogP contribution in [0, 0.1) is 5.92 Å². The molecule has 0 bridgehead atoms. The second-order valence-corrected chi connectivity index (χ2v) is 4.58. The van der Waals surface area contributed by atoms with E-state index in [1.54, 1.807) is 0 Å². The van der Waals surface area contributed by atoms with Crippen LogP contribution in [0.4, 0.5) is 0 Å². The van der Waals surface area contributed by atoms with Crippen LogP contribution < -0.4 is 5.73 Å². The second kappa shape index (κ2) is 5.26. The molecule has 1 aliphatic rings. The molecule has 0 spiro atoms. The number of benzene rings is 1. The van der Waals surface area contributed by atoms with Crippen molar-refractivity contribution in [1.29, 1.82) is 0 Å². The smallest absolute Gasteiger partial charge is 0.144 e. The minimum atomic E-state index is -0.0932. The third kappa shape index (κ3) is 2.33. The lowest BCUT2D eigenvalue weighted by atomic mass is 9.86. The predicted molar refractivity (Wildman–Crippen MR) is 65.2 cm³/mol. The molecule has 0 aliphatic heterocycles. The molecule has 1 aromatic rings. The van der Waals surface area contributed by atoms with Gasteiger partial charge in [-0.2, -0.15) is 0 Å². The molecule has 86 valence electrons. The summed E-state index contributed by atoms with van der Waals surface area (Å²) in [6.45, 7) is 0.430. The zero-order valence-corrected chi connectivity index (χ0v) is 9.56. The van der Waals surface area contributed by atoms with Gasteiger partial charge in [-0.25, -0.2) is 0 Å². The molecule has 2 nitrogen and oxygen atoms in total. The summed E-state index contributed by atoms with van der Waals surface area (Å²) in [5.74, 6) is 0.518. The second-order valence-electron chi connectivity index (χ2n) is 4.58. The van der Waals surface area contributed by atoms with Gasteiger partial charge in [0.15, 0.2) is 0 Å². The maximum Gasteiger partial charge on any atom is 0.144 e. The van der Waals surface area contributed by atoms with E-state index < -0.39 is 0 Å². The van der Waals surface area contributed by atoms with E-state index in [9.17, 15) is 4.79 Å². The van der Waals surface area contributed by atoms with Crippen molar-refractivity contribution in [2.75, 3.05) is 6.54 Å². The standard InChI is InChI=1S/C14H19NO/c15-10-13(11-6-2-1-3-7-11)14(16)12-8-4-5-9-12/h1-3,6-7,12-13H,4-5,8-10,15H2. The summed E-state index contributed by atoms with van der Waals surface area (Å²) in [6.07, 6.45) is 4.51. The third-order valence-corrected chi connectivity index (χ3v) is 3.54. The summed E-state index contributed by atoms with van der Waals surface area (Å²) in [6, 6.07) is 9.92. The number of Topliss-reactive ketones (excluding diaryl/α,β-unsaturated/α-hetero) is 1. The first-order valence-electron chi connectivity index (χ1n) is 6.11. The molecule has 1 fully saturated rings. The fourth-order valence-electron chi connectivity index (χ4n) is 2.60. The molecule has 0 saturated heterocycles. The predicted octanol–water partition coefficient (Wildman–Crippen LogP) is 2.49. The number of carbonyl (C=O) groups is 1. The van der Waals surface area contributed by atoms with Gasteiger partial charge in [-0.15, -0.1) is 0 Å². The van der Waals surface area contributed by atoms with Gasteiger partial charge in [0.1, 0.15) is 5.78 Å². The average Bonchev–Trinajstić information content (AvgIpc) is 2.85. The van der Waals surface area contributed by atoms with E-state index in [2.05, 4.69) is 0 Å². The molecule has 1 unspecified atom stereocenters. The lowest BCUT2D eigenvalue weighted by Crippen LogP contribution is -2.26. The van der Waals surface area contributed by atoms with E-state index >= 15 is 0 Å². The molecule has 1 aliphatic carbocycles. The Hall–Kier alpha value is -1.15. The fraction of sp³-hybridized carbons (Fsp3) is 0.500. The molecular weight excluding hydrogens is 198 g/mol. The highest BCUT2D eigenvalue weighted by atomic mass is 16.1. The Bertz CT molecular complexity index is 341. The van der Waals surface area contributed by atoms with Gasteiger partial charge < -0.3 is 5.73 Å². The van der Waals surface area contributed by atoms with Gasteiger partial charge in [0.05, 0.1) is 5.92 Å². The van der Waals surface area contributed by atoms with E-state index in [-0.39, 0.29) is 11.8 Å². The lowest BCUT2D eigenvalue weighted by molar-refractivity contribution is -0.123. The molecule has 0 aromatic heterocycles. The zero-order valence-electron chi connectivity index (χ0n) is 9.56. The first-order chi connectivity index (χ1) is 7.83.